The third-order valence-corrected chi connectivity index (χ3v) is 6.29. The van der Waals surface area contributed by atoms with E-state index in [2.05, 4.69) is 4.98 Å². The number of hydrogen-bond acceptors (Lipinski definition) is 5. The first-order chi connectivity index (χ1) is 11.6. The lowest BCUT2D eigenvalue weighted by Gasteiger charge is -2.02. The van der Waals surface area contributed by atoms with E-state index in [4.69, 9.17) is 4.42 Å². The van der Waals surface area contributed by atoms with Crippen LogP contribution in [-0.2, 0) is 9.84 Å². The normalized spacial score (nSPS) is 11.5. The van der Waals surface area contributed by atoms with Crippen molar-refractivity contribution in [2.75, 3.05) is 5.75 Å². The van der Waals surface area contributed by atoms with E-state index >= 15 is 0 Å². The average Bonchev–Trinajstić information content (AvgIpc) is 3.06. The highest BCUT2D eigenvalue weighted by Gasteiger charge is 2.28. The molecule has 3 rings (SSSR count). The first-order valence-electron chi connectivity index (χ1n) is 7.62. The van der Waals surface area contributed by atoms with Crippen molar-refractivity contribution in [2.24, 2.45) is 0 Å². The largest absolute Gasteiger partial charge is 0.428 e. The summed E-state index contributed by atoms with van der Waals surface area (Å²) in [5.74, 6) is 1.09. The average molecular weight is 359 g/mol. The Balaban J connectivity index is 2.10. The molecule has 0 unspecified atom stereocenters. The van der Waals surface area contributed by atoms with Crippen LogP contribution < -0.4 is 0 Å². The van der Waals surface area contributed by atoms with Gasteiger partial charge in [-0.2, -0.15) is 4.98 Å². The molecular formula is C18H17NO3S2. The zero-order chi connectivity index (χ0) is 17.0. The SMILES string of the molecule is CCCSc1oc(-c2ccccc2)nc1S(=O)(=O)c1ccccc1. The van der Waals surface area contributed by atoms with Gasteiger partial charge in [0, 0.05) is 11.3 Å². The van der Waals surface area contributed by atoms with E-state index in [1.54, 1.807) is 30.3 Å². The van der Waals surface area contributed by atoms with E-state index in [0.717, 1.165) is 17.7 Å². The fourth-order valence-electron chi connectivity index (χ4n) is 2.16. The quantitative estimate of drug-likeness (QED) is 0.598. The Hall–Kier alpha value is -2.05. The highest BCUT2D eigenvalue weighted by molar-refractivity contribution is 8.00. The van der Waals surface area contributed by atoms with E-state index < -0.39 is 9.84 Å². The lowest BCUT2D eigenvalue weighted by atomic mass is 10.2. The third kappa shape index (κ3) is 3.39. The summed E-state index contributed by atoms with van der Waals surface area (Å²) in [5, 5.41) is 0.338. The molecule has 1 aromatic heterocycles. The monoisotopic (exact) mass is 359 g/mol. The first-order valence-corrected chi connectivity index (χ1v) is 10.1. The summed E-state index contributed by atoms with van der Waals surface area (Å²) in [6, 6.07) is 17.6. The maximum Gasteiger partial charge on any atom is 0.228 e. The van der Waals surface area contributed by atoms with Gasteiger partial charge < -0.3 is 4.42 Å². The molecule has 0 aliphatic heterocycles. The van der Waals surface area contributed by atoms with Crippen molar-refractivity contribution in [2.45, 2.75) is 28.4 Å². The number of aromatic nitrogens is 1. The summed E-state index contributed by atoms with van der Waals surface area (Å²) in [6.45, 7) is 2.03. The Kier molecular flexibility index (Phi) is 5.06. The Morgan fingerprint density at radius 1 is 1.00 bits per heavy atom. The molecule has 0 bridgehead atoms. The van der Waals surface area contributed by atoms with Gasteiger partial charge in [-0.1, -0.05) is 55.1 Å². The number of hydrogen-bond donors (Lipinski definition) is 0. The van der Waals surface area contributed by atoms with Crippen LogP contribution in [0, 0.1) is 0 Å². The van der Waals surface area contributed by atoms with Gasteiger partial charge in [0.1, 0.15) is 0 Å². The second-order valence-corrected chi connectivity index (χ2v) is 8.08. The van der Waals surface area contributed by atoms with Crippen LogP contribution in [0.4, 0.5) is 0 Å². The molecule has 24 heavy (non-hydrogen) atoms. The Morgan fingerprint density at radius 2 is 1.62 bits per heavy atom. The molecular weight excluding hydrogens is 342 g/mol. The molecule has 3 aromatic rings. The van der Waals surface area contributed by atoms with Crippen molar-refractivity contribution in [1.29, 1.82) is 0 Å². The van der Waals surface area contributed by atoms with Crippen molar-refractivity contribution in [3.63, 3.8) is 0 Å². The van der Waals surface area contributed by atoms with Crippen molar-refractivity contribution in [3.05, 3.63) is 60.7 Å². The predicted octanol–water partition coefficient (Wildman–Crippen LogP) is 4.68. The summed E-state index contributed by atoms with van der Waals surface area (Å²) >= 11 is 1.38. The predicted molar refractivity (Wildman–Crippen MR) is 94.8 cm³/mol. The maximum absolute atomic E-state index is 12.9. The zero-order valence-electron chi connectivity index (χ0n) is 13.2. The smallest absolute Gasteiger partial charge is 0.228 e. The van der Waals surface area contributed by atoms with E-state index in [9.17, 15) is 8.42 Å². The molecule has 124 valence electrons. The molecule has 0 saturated carbocycles. The van der Waals surface area contributed by atoms with Crippen LogP contribution in [0.2, 0.25) is 0 Å². The summed E-state index contributed by atoms with van der Waals surface area (Å²) in [6.07, 6.45) is 0.914. The third-order valence-electron chi connectivity index (χ3n) is 3.33. The topological polar surface area (TPSA) is 60.2 Å². The lowest BCUT2D eigenvalue weighted by molar-refractivity contribution is 0.470. The first kappa shape index (κ1) is 16.8. The molecule has 0 aliphatic rings. The molecule has 2 aromatic carbocycles. The molecule has 0 radical (unpaired) electrons. The molecule has 0 amide bonds. The van der Waals surface area contributed by atoms with Crippen molar-refractivity contribution >= 4 is 21.6 Å². The molecule has 0 saturated heterocycles. The lowest BCUT2D eigenvalue weighted by Crippen LogP contribution is -2.03. The van der Waals surface area contributed by atoms with E-state index in [1.165, 1.54) is 11.8 Å². The van der Waals surface area contributed by atoms with Crippen LogP contribution in [0.3, 0.4) is 0 Å². The fourth-order valence-corrected chi connectivity index (χ4v) is 4.57. The van der Waals surface area contributed by atoms with Crippen LogP contribution in [0.25, 0.3) is 11.5 Å². The van der Waals surface area contributed by atoms with Gasteiger partial charge >= 0.3 is 0 Å². The Labute approximate surface area is 145 Å². The minimum atomic E-state index is -3.71. The highest BCUT2D eigenvalue weighted by Crippen LogP contribution is 2.34. The number of sulfone groups is 1. The highest BCUT2D eigenvalue weighted by atomic mass is 32.2. The van der Waals surface area contributed by atoms with Gasteiger partial charge in [0.2, 0.25) is 25.8 Å². The summed E-state index contributed by atoms with van der Waals surface area (Å²) in [4.78, 5) is 4.52. The Bertz CT molecular complexity index is 904. The van der Waals surface area contributed by atoms with Gasteiger partial charge in [0.15, 0.2) is 0 Å². The number of rotatable bonds is 6. The van der Waals surface area contributed by atoms with Gasteiger partial charge in [-0.15, -0.1) is 0 Å². The van der Waals surface area contributed by atoms with Gasteiger partial charge in [0.05, 0.1) is 4.90 Å². The second-order valence-electron chi connectivity index (χ2n) is 5.14. The number of nitrogens with zero attached hydrogens (tertiary/aromatic N) is 1. The number of thioether (sulfide) groups is 1. The van der Waals surface area contributed by atoms with Crippen molar-refractivity contribution in [1.82, 2.24) is 4.98 Å². The number of oxazole rings is 1. The fraction of sp³-hybridized carbons (Fsp3) is 0.167. The Morgan fingerprint density at radius 3 is 2.25 bits per heavy atom. The van der Waals surface area contributed by atoms with Crippen LogP contribution in [0.1, 0.15) is 13.3 Å². The van der Waals surface area contributed by atoms with Gasteiger partial charge in [0.25, 0.3) is 0 Å². The summed E-state index contributed by atoms with van der Waals surface area (Å²) in [7, 11) is -3.71. The molecule has 0 fully saturated rings. The van der Waals surface area contributed by atoms with E-state index in [0.29, 0.717) is 11.0 Å². The number of benzene rings is 2. The zero-order valence-corrected chi connectivity index (χ0v) is 14.8. The molecule has 0 N–H and O–H groups in total. The van der Waals surface area contributed by atoms with Crippen molar-refractivity contribution < 1.29 is 12.8 Å². The minimum Gasteiger partial charge on any atom is -0.428 e. The molecule has 4 nitrogen and oxygen atoms in total. The molecule has 0 aliphatic carbocycles. The van der Waals surface area contributed by atoms with Crippen LogP contribution in [-0.4, -0.2) is 19.2 Å². The van der Waals surface area contributed by atoms with Crippen molar-refractivity contribution in [3.8, 4) is 11.5 Å². The standard InChI is InChI=1S/C18H17NO3S2/c1-2-13-23-18-17(24(20,21)15-11-7-4-8-12-15)19-16(22-18)14-9-5-3-6-10-14/h3-12H,2,13H2,1H3. The van der Waals surface area contributed by atoms with Crippen LogP contribution in [0.15, 0.2) is 80.1 Å². The molecule has 0 spiro atoms. The van der Waals surface area contributed by atoms with E-state index in [-0.39, 0.29) is 9.92 Å². The van der Waals surface area contributed by atoms with Gasteiger partial charge in [-0.25, -0.2) is 8.42 Å². The molecule has 6 heteroatoms. The van der Waals surface area contributed by atoms with Crippen LogP contribution >= 0.6 is 11.8 Å². The van der Waals surface area contributed by atoms with E-state index in [1.807, 2.05) is 37.3 Å². The minimum absolute atomic E-state index is 0.00833. The maximum atomic E-state index is 12.9. The summed E-state index contributed by atoms with van der Waals surface area (Å²) in [5.41, 5.74) is 0.755. The molecule has 1 heterocycles. The molecule has 0 atom stereocenters. The van der Waals surface area contributed by atoms with Crippen LogP contribution in [0.5, 0.6) is 0 Å². The second kappa shape index (κ2) is 7.23. The van der Waals surface area contributed by atoms with Gasteiger partial charge in [-0.3, -0.25) is 0 Å². The summed E-state index contributed by atoms with van der Waals surface area (Å²) < 4.78 is 31.6. The van der Waals surface area contributed by atoms with Gasteiger partial charge in [-0.05, 0) is 30.7 Å².